The van der Waals surface area contributed by atoms with Gasteiger partial charge in [-0.3, -0.25) is 4.79 Å². The number of rotatable bonds is 7. The summed E-state index contributed by atoms with van der Waals surface area (Å²) in [6.45, 7) is 6.44. The van der Waals surface area contributed by atoms with E-state index in [2.05, 4.69) is 40.7 Å². The Balaban J connectivity index is 1.54. The third-order valence-electron chi connectivity index (χ3n) is 5.29. The van der Waals surface area contributed by atoms with Crippen LogP contribution in [0.25, 0.3) is 0 Å². The van der Waals surface area contributed by atoms with Gasteiger partial charge in [0.05, 0.1) is 19.9 Å². The van der Waals surface area contributed by atoms with Crippen molar-refractivity contribution in [3.63, 3.8) is 0 Å². The van der Waals surface area contributed by atoms with Crippen LogP contribution >= 0.6 is 0 Å². The minimum atomic E-state index is -0.205. The lowest BCUT2D eigenvalue weighted by Crippen LogP contribution is -2.29. The van der Waals surface area contributed by atoms with Crippen LogP contribution in [-0.4, -0.2) is 38.9 Å². The van der Waals surface area contributed by atoms with Gasteiger partial charge in [-0.2, -0.15) is 5.10 Å². The molecule has 1 saturated heterocycles. The molecular formula is C23H30N4O2. The maximum atomic E-state index is 12.0. The van der Waals surface area contributed by atoms with Crippen molar-refractivity contribution >= 4 is 23.5 Å². The fourth-order valence-corrected chi connectivity index (χ4v) is 3.40. The molecular weight excluding hydrogens is 364 g/mol. The topological polar surface area (TPSA) is 66.0 Å². The van der Waals surface area contributed by atoms with Gasteiger partial charge in [0.2, 0.25) is 0 Å². The maximum Gasteiger partial charge on any atom is 0.259 e. The smallest absolute Gasteiger partial charge is 0.259 e. The van der Waals surface area contributed by atoms with Gasteiger partial charge in [-0.15, -0.1) is 0 Å². The maximum absolute atomic E-state index is 12.0. The van der Waals surface area contributed by atoms with Gasteiger partial charge in [-0.1, -0.05) is 6.07 Å². The Hall–Kier alpha value is -3.02. The molecule has 0 bridgehead atoms. The SMILES string of the molecule is COc1cc(N2CCCCC2)ccc1/C=N\NC(=O)CNc1ccc(C)c(C)c1. The zero-order valence-electron chi connectivity index (χ0n) is 17.5. The van der Waals surface area contributed by atoms with Gasteiger partial charge in [0, 0.05) is 36.1 Å². The Bertz CT molecular complexity index is 873. The zero-order valence-corrected chi connectivity index (χ0v) is 17.5. The summed E-state index contributed by atoms with van der Waals surface area (Å²) >= 11 is 0. The summed E-state index contributed by atoms with van der Waals surface area (Å²) in [5.74, 6) is 0.544. The van der Waals surface area contributed by atoms with E-state index < -0.39 is 0 Å². The van der Waals surface area contributed by atoms with E-state index in [4.69, 9.17) is 4.74 Å². The fourth-order valence-electron chi connectivity index (χ4n) is 3.40. The number of nitrogens with one attached hydrogen (secondary N) is 2. The molecule has 2 aromatic rings. The Morgan fingerprint density at radius 1 is 1.10 bits per heavy atom. The van der Waals surface area contributed by atoms with Gasteiger partial charge < -0.3 is 15.0 Å². The number of aryl methyl sites for hydroxylation is 2. The van der Waals surface area contributed by atoms with Gasteiger partial charge in [-0.25, -0.2) is 5.43 Å². The molecule has 1 aliphatic rings. The summed E-state index contributed by atoms with van der Waals surface area (Å²) in [5, 5.41) is 7.19. The van der Waals surface area contributed by atoms with Gasteiger partial charge >= 0.3 is 0 Å². The number of carbonyl (C=O) groups excluding carboxylic acids is 1. The number of hydrazone groups is 1. The Labute approximate surface area is 172 Å². The van der Waals surface area contributed by atoms with Gasteiger partial charge in [-0.05, 0) is 68.5 Å². The highest BCUT2D eigenvalue weighted by molar-refractivity contribution is 5.87. The van der Waals surface area contributed by atoms with Crippen LogP contribution < -0.4 is 20.4 Å². The van der Waals surface area contributed by atoms with E-state index in [1.54, 1.807) is 13.3 Å². The van der Waals surface area contributed by atoms with Crippen molar-refractivity contribution in [2.75, 3.05) is 37.0 Å². The summed E-state index contributed by atoms with van der Waals surface area (Å²) < 4.78 is 5.52. The van der Waals surface area contributed by atoms with Crippen LogP contribution in [0.5, 0.6) is 5.75 Å². The summed E-state index contributed by atoms with van der Waals surface area (Å²) in [5.41, 5.74) is 7.89. The van der Waals surface area contributed by atoms with E-state index in [0.717, 1.165) is 30.1 Å². The van der Waals surface area contributed by atoms with Crippen LogP contribution in [0.2, 0.25) is 0 Å². The molecule has 0 saturated carbocycles. The lowest BCUT2D eigenvalue weighted by Gasteiger charge is -2.29. The number of nitrogens with zero attached hydrogens (tertiary/aromatic N) is 2. The van der Waals surface area contributed by atoms with Gasteiger partial charge in [0.1, 0.15) is 5.75 Å². The molecule has 6 nitrogen and oxygen atoms in total. The zero-order chi connectivity index (χ0) is 20.6. The van der Waals surface area contributed by atoms with Crippen molar-refractivity contribution in [3.8, 4) is 5.75 Å². The molecule has 3 rings (SSSR count). The fraction of sp³-hybridized carbons (Fsp3) is 0.391. The molecule has 0 unspecified atom stereocenters. The highest BCUT2D eigenvalue weighted by atomic mass is 16.5. The number of carbonyl (C=O) groups is 1. The van der Waals surface area contributed by atoms with E-state index in [9.17, 15) is 4.79 Å². The first-order valence-corrected chi connectivity index (χ1v) is 10.1. The van der Waals surface area contributed by atoms with E-state index in [1.807, 2.05) is 30.3 Å². The molecule has 0 spiro atoms. The van der Waals surface area contributed by atoms with Crippen LogP contribution in [0.15, 0.2) is 41.5 Å². The minimum absolute atomic E-state index is 0.158. The molecule has 2 aromatic carbocycles. The number of amides is 1. The van der Waals surface area contributed by atoms with Crippen molar-refractivity contribution in [3.05, 3.63) is 53.1 Å². The second kappa shape index (κ2) is 9.96. The van der Waals surface area contributed by atoms with Crippen molar-refractivity contribution < 1.29 is 9.53 Å². The standard InChI is InChI=1S/C23H30N4O2/c1-17-7-9-20(13-18(17)2)24-16-23(28)26-25-15-19-8-10-21(14-22(19)29-3)27-11-5-4-6-12-27/h7-10,13-15,24H,4-6,11-12,16H2,1-3H3,(H,26,28)/b25-15-. The van der Waals surface area contributed by atoms with E-state index in [-0.39, 0.29) is 12.5 Å². The average Bonchev–Trinajstić information content (AvgIpc) is 2.75. The Kier molecular flexibility index (Phi) is 7.11. The first-order valence-electron chi connectivity index (χ1n) is 10.1. The minimum Gasteiger partial charge on any atom is -0.496 e. The summed E-state index contributed by atoms with van der Waals surface area (Å²) in [6, 6.07) is 12.1. The molecule has 154 valence electrons. The van der Waals surface area contributed by atoms with E-state index in [1.165, 1.54) is 36.1 Å². The summed E-state index contributed by atoms with van der Waals surface area (Å²) in [6.07, 6.45) is 5.38. The van der Waals surface area contributed by atoms with Crippen molar-refractivity contribution in [2.24, 2.45) is 5.10 Å². The van der Waals surface area contributed by atoms with Crippen LogP contribution in [0.4, 0.5) is 11.4 Å². The molecule has 6 heteroatoms. The van der Waals surface area contributed by atoms with Crippen molar-refractivity contribution in [1.29, 1.82) is 0 Å². The van der Waals surface area contributed by atoms with Gasteiger partial charge in [0.25, 0.3) is 5.91 Å². The Morgan fingerprint density at radius 3 is 2.62 bits per heavy atom. The van der Waals surface area contributed by atoms with E-state index >= 15 is 0 Å². The molecule has 0 aromatic heterocycles. The van der Waals surface area contributed by atoms with Gasteiger partial charge in [0.15, 0.2) is 0 Å². The first-order chi connectivity index (χ1) is 14.1. The molecule has 1 amide bonds. The third kappa shape index (κ3) is 5.73. The Morgan fingerprint density at radius 2 is 1.90 bits per heavy atom. The van der Waals surface area contributed by atoms with Crippen LogP contribution in [-0.2, 0) is 4.79 Å². The third-order valence-corrected chi connectivity index (χ3v) is 5.29. The van der Waals surface area contributed by atoms with Crippen LogP contribution in [0.1, 0.15) is 36.0 Å². The highest BCUT2D eigenvalue weighted by Crippen LogP contribution is 2.26. The average molecular weight is 395 g/mol. The molecule has 0 aliphatic carbocycles. The van der Waals surface area contributed by atoms with Crippen molar-refractivity contribution in [1.82, 2.24) is 5.43 Å². The number of benzene rings is 2. The van der Waals surface area contributed by atoms with E-state index in [0.29, 0.717) is 0 Å². The summed E-state index contributed by atoms with van der Waals surface area (Å²) in [7, 11) is 1.65. The number of methoxy groups -OCH3 is 1. The number of ether oxygens (including phenoxy) is 1. The second-order valence-electron chi connectivity index (χ2n) is 7.42. The molecule has 1 aliphatic heterocycles. The van der Waals surface area contributed by atoms with Crippen molar-refractivity contribution in [2.45, 2.75) is 33.1 Å². The molecule has 0 radical (unpaired) electrons. The molecule has 2 N–H and O–H groups in total. The number of piperidine rings is 1. The largest absolute Gasteiger partial charge is 0.496 e. The molecule has 1 fully saturated rings. The second-order valence-corrected chi connectivity index (χ2v) is 7.42. The molecule has 29 heavy (non-hydrogen) atoms. The first kappa shape index (κ1) is 20.7. The predicted octanol–water partition coefficient (Wildman–Crippen LogP) is 3.86. The summed E-state index contributed by atoms with van der Waals surface area (Å²) in [4.78, 5) is 14.4. The predicted molar refractivity (Wildman–Crippen MR) is 119 cm³/mol. The number of anilines is 2. The van der Waals surface area contributed by atoms with Crippen LogP contribution in [0.3, 0.4) is 0 Å². The van der Waals surface area contributed by atoms with Crippen LogP contribution in [0, 0.1) is 13.8 Å². The highest BCUT2D eigenvalue weighted by Gasteiger charge is 2.12. The lowest BCUT2D eigenvalue weighted by molar-refractivity contribution is -0.119. The molecule has 1 heterocycles. The normalized spacial score (nSPS) is 14.1. The monoisotopic (exact) mass is 394 g/mol. The number of hydrogen-bond donors (Lipinski definition) is 2. The number of hydrogen-bond acceptors (Lipinski definition) is 5. The molecule has 0 atom stereocenters. The quantitative estimate of drug-likeness (QED) is 0.553. The lowest BCUT2D eigenvalue weighted by atomic mass is 10.1.